The zero-order valence-corrected chi connectivity index (χ0v) is 26.4. The predicted molar refractivity (Wildman–Crippen MR) is 191 cm³/mol. The van der Waals surface area contributed by atoms with Gasteiger partial charge >= 0.3 is 6.18 Å². The average molecular weight is 640 g/mol. The summed E-state index contributed by atoms with van der Waals surface area (Å²) in [6.45, 7) is 9.02. The van der Waals surface area contributed by atoms with Gasteiger partial charge in [-0.15, -0.1) is 0 Å². The molecule has 0 N–H and O–H groups in total. The van der Waals surface area contributed by atoms with E-state index in [-0.39, 0.29) is 11.6 Å². The minimum Gasteiger partial charge on any atom is -0.310 e. The molecule has 1 aliphatic carbocycles. The molecule has 0 unspecified atom stereocenters. The van der Waals surface area contributed by atoms with Crippen molar-refractivity contribution in [2.75, 3.05) is 4.90 Å². The lowest BCUT2D eigenvalue weighted by atomic mass is 9.93. The van der Waals surface area contributed by atoms with Crippen molar-refractivity contribution in [3.8, 4) is 0 Å². The number of aryl methyl sites for hydroxylation is 1. The molecule has 5 aromatic carbocycles. The molecule has 0 spiro atoms. The Labute approximate surface area is 277 Å². The van der Waals surface area contributed by atoms with Crippen molar-refractivity contribution < 1.29 is 22.8 Å². The maximum atomic E-state index is 13.4. The SMILES string of the molecule is C=Cc1cc(C(C)=O)c(C(=O)C=Cc2ccc3cc(N(c4ccc(C(F)(F)F)cc4)c4ccc5c(c4)C=CCC5)ccc3c2)cc1C=C. The Morgan fingerprint density at radius 2 is 1.38 bits per heavy atom. The summed E-state index contributed by atoms with van der Waals surface area (Å²) in [4.78, 5) is 27.6. The summed E-state index contributed by atoms with van der Waals surface area (Å²) in [5.41, 5.74) is 6.70. The number of benzene rings is 5. The minimum absolute atomic E-state index is 0.218. The Kier molecular flexibility index (Phi) is 8.83. The lowest BCUT2D eigenvalue weighted by molar-refractivity contribution is -0.137. The highest BCUT2D eigenvalue weighted by Gasteiger charge is 2.30. The van der Waals surface area contributed by atoms with E-state index in [1.807, 2.05) is 47.4 Å². The van der Waals surface area contributed by atoms with Gasteiger partial charge in [-0.25, -0.2) is 0 Å². The topological polar surface area (TPSA) is 37.4 Å². The van der Waals surface area contributed by atoms with Gasteiger partial charge in [-0.2, -0.15) is 13.2 Å². The second-order valence-electron chi connectivity index (χ2n) is 11.7. The summed E-state index contributed by atoms with van der Waals surface area (Å²) in [5.74, 6) is -0.523. The van der Waals surface area contributed by atoms with Gasteiger partial charge < -0.3 is 4.90 Å². The molecule has 0 radical (unpaired) electrons. The van der Waals surface area contributed by atoms with Crippen molar-refractivity contribution in [1.29, 1.82) is 0 Å². The molecule has 1 aliphatic rings. The van der Waals surface area contributed by atoms with Crippen molar-refractivity contribution in [3.05, 3.63) is 161 Å². The van der Waals surface area contributed by atoms with E-state index in [1.165, 1.54) is 30.7 Å². The number of halogens is 3. The molecule has 5 aromatic rings. The standard InChI is InChI=1S/C42H32F3NO2/c1-4-29-25-39(27(3)47)40(26-30(29)5-2)41(48)21-11-28-10-12-34-24-38(18-14-33(34)22-28)46(36-19-15-35(16-20-36)42(43,44)45)37-17-13-31-8-6-7-9-32(31)23-37/h4-5,7,9-26H,1-2,6,8H2,3H3. The number of nitrogens with zero attached hydrogens (tertiary/aromatic N) is 1. The number of hydrogen-bond donors (Lipinski definition) is 0. The smallest absolute Gasteiger partial charge is 0.310 e. The molecule has 0 amide bonds. The third-order valence-corrected chi connectivity index (χ3v) is 8.56. The molecule has 0 atom stereocenters. The molecule has 6 rings (SSSR count). The van der Waals surface area contributed by atoms with Crippen LogP contribution in [0.3, 0.4) is 0 Å². The van der Waals surface area contributed by atoms with Crippen LogP contribution in [0, 0.1) is 0 Å². The van der Waals surface area contributed by atoms with Crippen LogP contribution in [0.5, 0.6) is 0 Å². The number of carbonyl (C=O) groups excluding carboxylic acids is 2. The van der Waals surface area contributed by atoms with E-state index in [4.69, 9.17) is 0 Å². The fourth-order valence-corrected chi connectivity index (χ4v) is 6.04. The van der Waals surface area contributed by atoms with Crippen LogP contribution in [0.2, 0.25) is 0 Å². The van der Waals surface area contributed by atoms with Crippen LogP contribution in [-0.2, 0) is 12.6 Å². The van der Waals surface area contributed by atoms with Crippen molar-refractivity contribution >= 4 is 63.7 Å². The number of allylic oxidation sites excluding steroid dienone is 2. The minimum atomic E-state index is -4.43. The molecule has 0 saturated heterocycles. The number of rotatable bonds is 9. The van der Waals surface area contributed by atoms with Crippen LogP contribution in [0.4, 0.5) is 30.2 Å². The summed E-state index contributed by atoms with van der Waals surface area (Å²) in [5, 5.41) is 1.84. The summed E-state index contributed by atoms with van der Waals surface area (Å²) >= 11 is 0. The highest BCUT2D eigenvalue weighted by atomic mass is 19.4. The van der Waals surface area contributed by atoms with Crippen molar-refractivity contribution in [2.24, 2.45) is 0 Å². The zero-order valence-electron chi connectivity index (χ0n) is 26.4. The van der Waals surface area contributed by atoms with E-state index in [0.29, 0.717) is 22.4 Å². The van der Waals surface area contributed by atoms with Gasteiger partial charge in [-0.1, -0.05) is 67.8 Å². The van der Waals surface area contributed by atoms with Crippen LogP contribution < -0.4 is 4.90 Å². The predicted octanol–water partition coefficient (Wildman–Crippen LogP) is 11.7. The molecule has 6 heteroatoms. The van der Waals surface area contributed by atoms with Crippen LogP contribution in [-0.4, -0.2) is 11.6 Å². The third-order valence-electron chi connectivity index (χ3n) is 8.56. The van der Waals surface area contributed by atoms with E-state index >= 15 is 0 Å². The Morgan fingerprint density at radius 1 is 0.750 bits per heavy atom. The zero-order chi connectivity index (χ0) is 34.0. The van der Waals surface area contributed by atoms with Crippen molar-refractivity contribution in [3.63, 3.8) is 0 Å². The summed E-state index contributed by atoms with van der Waals surface area (Å²) in [6, 6.07) is 26.4. The maximum Gasteiger partial charge on any atom is 0.416 e. The fourth-order valence-electron chi connectivity index (χ4n) is 6.04. The molecule has 0 saturated carbocycles. The maximum absolute atomic E-state index is 13.4. The Bertz CT molecular complexity index is 2150. The van der Waals surface area contributed by atoms with Gasteiger partial charge in [-0.3, -0.25) is 9.59 Å². The normalized spacial score (nSPS) is 12.6. The second-order valence-corrected chi connectivity index (χ2v) is 11.7. The highest BCUT2D eigenvalue weighted by Crippen LogP contribution is 2.39. The first-order valence-electron chi connectivity index (χ1n) is 15.5. The lowest BCUT2D eigenvalue weighted by Gasteiger charge is -2.27. The summed E-state index contributed by atoms with van der Waals surface area (Å²) in [7, 11) is 0. The van der Waals surface area contributed by atoms with Gasteiger partial charge in [0.15, 0.2) is 11.6 Å². The largest absolute Gasteiger partial charge is 0.416 e. The number of fused-ring (bicyclic) bond motifs is 2. The monoisotopic (exact) mass is 639 g/mol. The second kappa shape index (κ2) is 13.2. The number of hydrogen-bond acceptors (Lipinski definition) is 3. The van der Waals surface area contributed by atoms with Gasteiger partial charge in [0.25, 0.3) is 0 Å². The molecule has 48 heavy (non-hydrogen) atoms. The molecule has 0 aliphatic heterocycles. The Hall–Kier alpha value is -5.75. The summed E-state index contributed by atoms with van der Waals surface area (Å²) in [6.07, 6.45) is 8.12. The number of alkyl halides is 3. The van der Waals surface area contributed by atoms with Gasteiger partial charge in [0.2, 0.25) is 0 Å². The van der Waals surface area contributed by atoms with Gasteiger partial charge in [0.1, 0.15) is 0 Å². The van der Waals surface area contributed by atoms with Gasteiger partial charge in [0, 0.05) is 28.2 Å². The van der Waals surface area contributed by atoms with E-state index < -0.39 is 11.7 Å². The quantitative estimate of drug-likeness (QED) is 0.119. The number of Topliss-reactive ketones (excluding diaryl/α,β-unsaturated/α-hetero) is 1. The lowest BCUT2D eigenvalue weighted by Crippen LogP contribution is -2.12. The van der Waals surface area contributed by atoms with Crippen LogP contribution in [0.25, 0.3) is 35.1 Å². The molecular weight excluding hydrogens is 607 g/mol. The molecule has 0 fully saturated rings. The van der Waals surface area contributed by atoms with E-state index in [2.05, 4.69) is 37.4 Å². The summed E-state index contributed by atoms with van der Waals surface area (Å²) < 4.78 is 40.2. The van der Waals surface area contributed by atoms with E-state index in [9.17, 15) is 22.8 Å². The Morgan fingerprint density at radius 3 is 2.06 bits per heavy atom. The molecule has 3 nitrogen and oxygen atoms in total. The highest BCUT2D eigenvalue weighted by molar-refractivity contribution is 6.14. The van der Waals surface area contributed by atoms with Crippen LogP contribution in [0.1, 0.15) is 67.4 Å². The molecule has 0 aromatic heterocycles. The van der Waals surface area contributed by atoms with Crippen molar-refractivity contribution in [2.45, 2.75) is 25.9 Å². The molecule has 0 heterocycles. The first-order chi connectivity index (χ1) is 23.0. The number of carbonyl (C=O) groups is 2. The third kappa shape index (κ3) is 6.56. The first kappa shape index (κ1) is 32.2. The fraction of sp³-hybridized carbons (Fsp3) is 0.0952. The van der Waals surface area contributed by atoms with E-state index in [0.717, 1.165) is 63.8 Å². The van der Waals surface area contributed by atoms with Crippen molar-refractivity contribution in [1.82, 2.24) is 0 Å². The van der Waals surface area contributed by atoms with E-state index in [1.54, 1.807) is 30.4 Å². The van der Waals surface area contributed by atoms with Gasteiger partial charge in [-0.05, 0) is 131 Å². The molecular formula is C42H32F3NO2. The molecule has 0 bridgehead atoms. The molecule has 238 valence electrons. The number of ketones is 2. The number of anilines is 3. The first-order valence-corrected chi connectivity index (χ1v) is 15.5. The average Bonchev–Trinajstić information content (AvgIpc) is 3.09. The Balaban J connectivity index is 1.34. The van der Waals surface area contributed by atoms with Gasteiger partial charge in [0.05, 0.1) is 5.56 Å². The van der Waals surface area contributed by atoms with Crippen LogP contribution >= 0.6 is 0 Å². The van der Waals surface area contributed by atoms with Crippen LogP contribution in [0.15, 0.2) is 116 Å².